The lowest BCUT2D eigenvalue weighted by Crippen LogP contribution is -2.48. The van der Waals surface area contributed by atoms with E-state index < -0.39 is 10.0 Å². The normalized spacial score (nSPS) is 28.0. The summed E-state index contributed by atoms with van der Waals surface area (Å²) in [6.07, 6.45) is 2.83. The minimum absolute atomic E-state index is 0.0788. The molecule has 1 amide bonds. The van der Waals surface area contributed by atoms with Crippen molar-refractivity contribution in [3.8, 4) is 0 Å². The number of amides is 1. The van der Waals surface area contributed by atoms with Crippen LogP contribution in [0.1, 0.15) is 50.4 Å². The van der Waals surface area contributed by atoms with Gasteiger partial charge in [-0.15, -0.1) is 0 Å². The number of morpholine rings is 1. The van der Waals surface area contributed by atoms with Gasteiger partial charge < -0.3 is 9.64 Å². The molecule has 2 aliphatic rings. The molecule has 3 atom stereocenters. The average Bonchev–Trinajstić information content (AvgIpc) is 2.85. The van der Waals surface area contributed by atoms with Crippen molar-refractivity contribution < 1.29 is 17.9 Å². The Bertz CT molecular complexity index is 770. The fourth-order valence-electron chi connectivity index (χ4n) is 3.91. The van der Waals surface area contributed by atoms with Crippen LogP contribution < -0.4 is 0 Å². The summed E-state index contributed by atoms with van der Waals surface area (Å²) in [5.74, 6) is 0.546. The third kappa shape index (κ3) is 4.70. The number of carbonyl (C=O) groups excluding carboxylic acids is 1. The number of carbonyl (C=O) groups is 1. The molecule has 0 saturated carbocycles. The average molecular weight is 395 g/mol. The first-order chi connectivity index (χ1) is 12.8. The fourth-order valence-corrected chi connectivity index (χ4v) is 5.55. The number of hydrogen-bond acceptors (Lipinski definition) is 4. The maximum Gasteiger partial charge on any atom is 0.253 e. The van der Waals surface area contributed by atoms with E-state index in [-0.39, 0.29) is 23.0 Å². The molecular weight excluding hydrogens is 364 g/mol. The molecule has 3 unspecified atom stereocenters. The van der Waals surface area contributed by atoms with Crippen LogP contribution in [0.5, 0.6) is 0 Å². The monoisotopic (exact) mass is 394 g/mol. The summed E-state index contributed by atoms with van der Waals surface area (Å²) in [6, 6.07) is 6.46. The number of ether oxygens (including phenoxy) is 1. The second-order valence-corrected chi connectivity index (χ2v) is 9.87. The van der Waals surface area contributed by atoms with E-state index in [2.05, 4.69) is 6.92 Å². The van der Waals surface area contributed by atoms with Gasteiger partial charge >= 0.3 is 0 Å². The number of benzene rings is 1. The molecule has 7 heteroatoms. The van der Waals surface area contributed by atoms with Gasteiger partial charge in [0.1, 0.15) is 0 Å². The molecule has 0 aliphatic carbocycles. The summed E-state index contributed by atoms with van der Waals surface area (Å²) in [5, 5.41) is 0. The molecule has 2 saturated heterocycles. The van der Waals surface area contributed by atoms with Crippen LogP contribution in [-0.4, -0.2) is 61.9 Å². The Balaban J connectivity index is 1.81. The first-order valence-corrected chi connectivity index (χ1v) is 11.3. The molecule has 27 heavy (non-hydrogen) atoms. The SMILES string of the molecule is CC1CCCN(C(=O)c2cccc(S(=O)(=O)N3CC(C)OC(C)C3)c2)CC1. The van der Waals surface area contributed by atoms with Crippen LogP contribution >= 0.6 is 0 Å². The predicted molar refractivity (Wildman–Crippen MR) is 104 cm³/mol. The van der Waals surface area contributed by atoms with E-state index in [0.717, 1.165) is 32.4 Å². The van der Waals surface area contributed by atoms with Crippen molar-refractivity contribution in [3.63, 3.8) is 0 Å². The number of likely N-dealkylation sites (tertiary alicyclic amines) is 1. The van der Waals surface area contributed by atoms with Crippen molar-refractivity contribution in [1.29, 1.82) is 0 Å². The molecule has 6 nitrogen and oxygen atoms in total. The molecule has 150 valence electrons. The van der Waals surface area contributed by atoms with Crippen LogP contribution in [0.25, 0.3) is 0 Å². The van der Waals surface area contributed by atoms with Crippen LogP contribution in [0.3, 0.4) is 0 Å². The van der Waals surface area contributed by atoms with E-state index in [9.17, 15) is 13.2 Å². The zero-order chi connectivity index (χ0) is 19.6. The van der Waals surface area contributed by atoms with Gasteiger partial charge in [0.25, 0.3) is 5.91 Å². The highest BCUT2D eigenvalue weighted by Gasteiger charge is 2.32. The topological polar surface area (TPSA) is 66.9 Å². The van der Waals surface area contributed by atoms with Gasteiger partial charge in [0.05, 0.1) is 17.1 Å². The molecule has 2 heterocycles. The molecule has 0 spiro atoms. The van der Waals surface area contributed by atoms with E-state index >= 15 is 0 Å². The summed E-state index contributed by atoms with van der Waals surface area (Å²) in [7, 11) is -3.65. The van der Waals surface area contributed by atoms with Gasteiger partial charge in [-0.1, -0.05) is 13.0 Å². The van der Waals surface area contributed by atoms with Gasteiger partial charge in [0.15, 0.2) is 0 Å². The Labute approximate surface area is 162 Å². The van der Waals surface area contributed by atoms with Gasteiger partial charge in [-0.2, -0.15) is 4.31 Å². The molecule has 0 bridgehead atoms. The summed E-state index contributed by atoms with van der Waals surface area (Å²) in [6.45, 7) is 8.08. The molecule has 0 N–H and O–H groups in total. The van der Waals surface area contributed by atoms with E-state index in [1.54, 1.807) is 18.2 Å². The standard InChI is InChI=1S/C20H30N2O4S/c1-15-6-5-10-21(11-9-15)20(23)18-7-4-8-19(12-18)27(24,25)22-13-16(2)26-17(3)14-22/h4,7-8,12,15-17H,5-6,9-11,13-14H2,1-3H3. The van der Waals surface area contributed by atoms with Gasteiger partial charge in [0, 0.05) is 31.7 Å². The number of rotatable bonds is 3. The molecule has 2 fully saturated rings. The maximum absolute atomic E-state index is 13.1. The van der Waals surface area contributed by atoms with Gasteiger partial charge in [0.2, 0.25) is 10.0 Å². The van der Waals surface area contributed by atoms with Crippen molar-refractivity contribution in [2.24, 2.45) is 5.92 Å². The van der Waals surface area contributed by atoms with Crippen LogP contribution in [-0.2, 0) is 14.8 Å². The Kier molecular flexibility index (Phi) is 6.23. The molecule has 1 aromatic carbocycles. The zero-order valence-electron chi connectivity index (χ0n) is 16.4. The molecule has 0 radical (unpaired) electrons. The van der Waals surface area contributed by atoms with E-state index in [4.69, 9.17) is 4.74 Å². The first kappa shape index (κ1) is 20.3. The second kappa shape index (κ2) is 8.29. The maximum atomic E-state index is 13.1. The third-order valence-corrected chi connectivity index (χ3v) is 7.24. The first-order valence-electron chi connectivity index (χ1n) is 9.82. The Hall–Kier alpha value is -1.44. The van der Waals surface area contributed by atoms with Crippen LogP contribution in [0, 0.1) is 5.92 Å². The summed E-state index contributed by atoms with van der Waals surface area (Å²) in [5.41, 5.74) is 0.444. The minimum Gasteiger partial charge on any atom is -0.373 e. The van der Waals surface area contributed by atoms with Crippen molar-refractivity contribution in [2.45, 2.75) is 57.1 Å². The Morgan fingerprint density at radius 3 is 2.48 bits per heavy atom. The highest BCUT2D eigenvalue weighted by molar-refractivity contribution is 7.89. The minimum atomic E-state index is -3.65. The van der Waals surface area contributed by atoms with Crippen molar-refractivity contribution in [2.75, 3.05) is 26.2 Å². The van der Waals surface area contributed by atoms with Gasteiger partial charge in [-0.25, -0.2) is 8.42 Å². The van der Waals surface area contributed by atoms with E-state index in [0.29, 0.717) is 24.6 Å². The number of hydrogen-bond donors (Lipinski definition) is 0. The van der Waals surface area contributed by atoms with Crippen molar-refractivity contribution >= 4 is 15.9 Å². The third-order valence-electron chi connectivity index (χ3n) is 5.41. The lowest BCUT2D eigenvalue weighted by atomic mass is 10.0. The largest absolute Gasteiger partial charge is 0.373 e. The van der Waals surface area contributed by atoms with Crippen LogP contribution in [0.4, 0.5) is 0 Å². The van der Waals surface area contributed by atoms with Gasteiger partial charge in [-0.3, -0.25) is 4.79 Å². The molecular formula is C20H30N2O4S. The summed E-state index contributed by atoms with van der Waals surface area (Å²) in [4.78, 5) is 15.0. The number of nitrogens with zero attached hydrogens (tertiary/aromatic N) is 2. The lowest BCUT2D eigenvalue weighted by Gasteiger charge is -2.34. The molecule has 1 aromatic rings. The van der Waals surface area contributed by atoms with E-state index in [1.807, 2.05) is 18.7 Å². The van der Waals surface area contributed by atoms with Crippen molar-refractivity contribution in [1.82, 2.24) is 9.21 Å². The summed E-state index contributed by atoms with van der Waals surface area (Å²) >= 11 is 0. The summed E-state index contributed by atoms with van der Waals surface area (Å²) < 4.78 is 33.2. The van der Waals surface area contributed by atoms with Crippen LogP contribution in [0.2, 0.25) is 0 Å². The zero-order valence-corrected chi connectivity index (χ0v) is 17.2. The smallest absolute Gasteiger partial charge is 0.253 e. The molecule has 2 aliphatic heterocycles. The quantitative estimate of drug-likeness (QED) is 0.791. The van der Waals surface area contributed by atoms with E-state index in [1.165, 1.54) is 10.4 Å². The Morgan fingerprint density at radius 2 is 1.78 bits per heavy atom. The molecule has 0 aromatic heterocycles. The highest BCUT2D eigenvalue weighted by atomic mass is 32.2. The predicted octanol–water partition coefficient (Wildman–Crippen LogP) is 2.75. The van der Waals surface area contributed by atoms with Crippen LogP contribution in [0.15, 0.2) is 29.2 Å². The number of sulfonamides is 1. The fraction of sp³-hybridized carbons (Fsp3) is 0.650. The van der Waals surface area contributed by atoms with Gasteiger partial charge in [-0.05, 0) is 57.2 Å². The Morgan fingerprint density at radius 1 is 1.07 bits per heavy atom. The lowest BCUT2D eigenvalue weighted by molar-refractivity contribution is -0.0440. The highest BCUT2D eigenvalue weighted by Crippen LogP contribution is 2.23. The molecule has 3 rings (SSSR count). The van der Waals surface area contributed by atoms with Crippen molar-refractivity contribution in [3.05, 3.63) is 29.8 Å². The second-order valence-electron chi connectivity index (χ2n) is 7.94.